The van der Waals surface area contributed by atoms with Crippen molar-refractivity contribution in [1.29, 1.82) is 0 Å². The second-order valence-electron chi connectivity index (χ2n) is 6.97. The van der Waals surface area contributed by atoms with Crippen molar-refractivity contribution in [1.82, 2.24) is 0 Å². The van der Waals surface area contributed by atoms with Crippen molar-refractivity contribution < 1.29 is 9.59 Å². The first-order chi connectivity index (χ1) is 13.0. The van der Waals surface area contributed by atoms with Crippen molar-refractivity contribution in [3.05, 3.63) is 53.6 Å². The summed E-state index contributed by atoms with van der Waals surface area (Å²) in [5.74, 6) is 0.871. The van der Waals surface area contributed by atoms with Gasteiger partial charge in [-0.15, -0.1) is 11.8 Å². The highest BCUT2D eigenvalue weighted by molar-refractivity contribution is 7.99. The number of nitrogens with one attached hydrogen (secondary N) is 1. The highest BCUT2D eigenvalue weighted by Gasteiger charge is 2.25. The van der Waals surface area contributed by atoms with Crippen LogP contribution in [0, 0.1) is 5.92 Å². The summed E-state index contributed by atoms with van der Waals surface area (Å²) in [5, 5.41) is 3.01. The van der Waals surface area contributed by atoms with E-state index in [0.29, 0.717) is 5.56 Å². The smallest absolute Gasteiger partial charge is 0.256 e. The van der Waals surface area contributed by atoms with E-state index in [9.17, 15) is 9.59 Å². The van der Waals surface area contributed by atoms with Gasteiger partial charge in [0.1, 0.15) is 0 Å². The van der Waals surface area contributed by atoms with Gasteiger partial charge in [-0.1, -0.05) is 39.0 Å². The summed E-state index contributed by atoms with van der Waals surface area (Å²) in [6.07, 6.45) is 1.93. The summed E-state index contributed by atoms with van der Waals surface area (Å²) in [6.45, 7) is 6.65. The Hall–Kier alpha value is -2.27. The summed E-state index contributed by atoms with van der Waals surface area (Å²) in [6, 6.07) is 13.5. The summed E-state index contributed by atoms with van der Waals surface area (Å²) >= 11 is 1.66. The second-order valence-corrected chi connectivity index (χ2v) is 8.28. The highest BCUT2D eigenvalue weighted by atomic mass is 32.2. The molecule has 1 N–H and O–H groups in total. The largest absolute Gasteiger partial charge is 0.322 e. The normalized spacial score (nSPS) is 13.4. The van der Waals surface area contributed by atoms with Gasteiger partial charge in [-0.25, -0.2) is 0 Å². The maximum Gasteiger partial charge on any atom is 0.256 e. The van der Waals surface area contributed by atoms with Gasteiger partial charge in [-0.2, -0.15) is 0 Å². The van der Waals surface area contributed by atoms with E-state index in [1.807, 2.05) is 61.2 Å². The zero-order valence-corrected chi connectivity index (χ0v) is 16.9. The molecule has 1 aliphatic heterocycles. The number of carbonyl (C=O) groups is 2. The van der Waals surface area contributed by atoms with Gasteiger partial charge >= 0.3 is 0 Å². The Bertz CT molecular complexity index is 848. The van der Waals surface area contributed by atoms with E-state index in [1.54, 1.807) is 11.8 Å². The molecule has 2 amide bonds. The molecule has 5 heteroatoms. The van der Waals surface area contributed by atoms with E-state index in [1.165, 1.54) is 0 Å². The van der Waals surface area contributed by atoms with Gasteiger partial charge in [0.05, 0.1) is 5.56 Å². The fraction of sp³-hybridized carbons (Fsp3) is 0.364. The third-order valence-electron chi connectivity index (χ3n) is 4.65. The number of thioether (sulfide) groups is 1. The number of rotatable bonds is 5. The van der Waals surface area contributed by atoms with Crippen molar-refractivity contribution in [3.8, 4) is 0 Å². The zero-order chi connectivity index (χ0) is 19.4. The molecular formula is C22H26N2O2S. The van der Waals surface area contributed by atoms with Crippen molar-refractivity contribution in [2.45, 2.75) is 38.5 Å². The number of aryl methyl sites for hydroxylation is 1. The molecule has 3 rings (SSSR count). The van der Waals surface area contributed by atoms with Crippen LogP contribution in [-0.4, -0.2) is 24.1 Å². The molecular weight excluding hydrogens is 356 g/mol. The molecule has 0 fully saturated rings. The van der Waals surface area contributed by atoms with Gasteiger partial charge in [0, 0.05) is 28.7 Å². The van der Waals surface area contributed by atoms with Crippen LogP contribution in [0.2, 0.25) is 0 Å². The Morgan fingerprint density at radius 2 is 1.96 bits per heavy atom. The SMILES string of the molecule is CCSc1ccccc1C(=O)Nc1ccc2c(c1)N(C(=O)C(C)C)CCC2. The van der Waals surface area contributed by atoms with E-state index >= 15 is 0 Å². The molecule has 0 saturated heterocycles. The molecule has 0 aromatic heterocycles. The minimum absolute atomic E-state index is 0.0489. The molecule has 1 heterocycles. The lowest BCUT2D eigenvalue weighted by molar-refractivity contribution is -0.121. The van der Waals surface area contributed by atoms with Crippen LogP contribution in [0.1, 0.15) is 43.1 Å². The highest BCUT2D eigenvalue weighted by Crippen LogP contribution is 2.31. The Labute approximate surface area is 165 Å². The average molecular weight is 383 g/mol. The molecule has 0 unspecified atom stereocenters. The predicted octanol–water partition coefficient (Wildman–Crippen LogP) is 4.99. The standard InChI is InChI=1S/C22H26N2O2S/c1-4-27-20-10-6-5-9-18(20)21(25)23-17-12-11-16-8-7-13-24(19(16)14-17)22(26)15(2)3/h5-6,9-12,14-15H,4,7-8,13H2,1-3H3,(H,23,25). The van der Waals surface area contributed by atoms with E-state index in [2.05, 4.69) is 12.2 Å². The number of hydrogen-bond donors (Lipinski definition) is 1. The van der Waals surface area contributed by atoms with Gasteiger partial charge in [0.15, 0.2) is 0 Å². The van der Waals surface area contributed by atoms with Crippen molar-refractivity contribution in [2.24, 2.45) is 5.92 Å². The maximum absolute atomic E-state index is 12.8. The van der Waals surface area contributed by atoms with E-state index in [-0.39, 0.29) is 17.7 Å². The third kappa shape index (κ3) is 4.35. The topological polar surface area (TPSA) is 49.4 Å². The minimum Gasteiger partial charge on any atom is -0.322 e. The first-order valence-electron chi connectivity index (χ1n) is 9.48. The monoisotopic (exact) mass is 382 g/mol. The number of nitrogens with zero attached hydrogens (tertiary/aromatic N) is 1. The number of amides is 2. The molecule has 1 aliphatic rings. The minimum atomic E-state index is -0.121. The number of benzene rings is 2. The summed E-state index contributed by atoms with van der Waals surface area (Å²) in [4.78, 5) is 28.2. The van der Waals surface area contributed by atoms with Crippen molar-refractivity contribution in [2.75, 3.05) is 22.5 Å². The molecule has 4 nitrogen and oxygen atoms in total. The van der Waals surface area contributed by atoms with Crippen LogP contribution in [-0.2, 0) is 11.2 Å². The van der Waals surface area contributed by atoms with Crippen LogP contribution in [0.3, 0.4) is 0 Å². The Balaban J connectivity index is 1.86. The zero-order valence-electron chi connectivity index (χ0n) is 16.1. The van der Waals surface area contributed by atoms with E-state index < -0.39 is 0 Å². The molecule has 2 aromatic rings. The number of carbonyl (C=O) groups excluding carboxylic acids is 2. The van der Waals surface area contributed by atoms with E-state index in [4.69, 9.17) is 0 Å². The first kappa shape index (κ1) is 19.5. The molecule has 142 valence electrons. The first-order valence-corrected chi connectivity index (χ1v) is 10.5. The van der Waals surface area contributed by atoms with Gasteiger partial charge < -0.3 is 10.2 Å². The van der Waals surface area contributed by atoms with Crippen LogP contribution < -0.4 is 10.2 Å². The fourth-order valence-electron chi connectivity index (χ4n) is 3.33. The average Bonchev–Trinajstić information content (AvgIpc) is 2.67. The number of anilines is 2. The number of fused-ring (bicyclic) bond motifs is 1. The van der Waals surface area contributed by atoms with Gasteiger partial charge in [0.25, 0.3) is 5.91 Å². The van der Waals surface area contributed by atoms with Crippen LogP contribution >= 0.6 is 11.8 Å². The Kier molecular flexibility index (Phi) is 6.22. The van der Waals surface area contributed by atoms with Crippen molar-refractivity contribution >= 4 is 35.0 Å². The lowest BCUT2D eigenvalue weighted by Crippen LogP contribution is -2.38. The summed E-state index contributed by atoms with van der Waals surface area (Å²) in [5.41, 5.74) is 3.49. The Morgan fingerprint density at radius 3 is 2.70 bits per heavy atom. The third-order valence-corrected chi connectivity index (χ3v) is 5.61. The molecule has 0 radical (unpaired) electrons. The Morgan fingerprint density at radius 1 is 1.19 bits per heavy atom. The molecule has 0 bridgehead atoms. The van der Waals surface area contributed by atoms with Gasteiger partial charge in [-0.3, -0.25) is 9.59 Å². The van der Waals surface area contributed by atoms with E-state index in [0.717, 1.165) is 47.0 Å². The van der Waals surface area contributed by atoms with Gasteiger partial charge in [0.2, 0.25) is 5.91 Å². The molecule has 0 spiro atoms. The molecule has 2 aromatic carbocycles. The van der Waals surface area contributed by atoms with Crippen LogP contribution in [0.15, 0.2) is 47.4 Å². The number of hydrogen-bond acceptors (Lipinski definition) is 3. The lowest BCUT2D eigenvalue weighted by Gasteiger charge is -2.31. The fourth-order valence-corrected chi connectivity index (χ4v) is 4.13. The van der Waals surface area contributed by atoms with Crippen LogP contribution in [0.5, 0.6) is 0 Å². The predicted molar refractivity (Wildman–Crippen MR) is 113 cm³/mol. The van der Waals surface area contributed by atoms with Crippen molar-refractivity contribution in [3.63, 3.8) is 0 Å². The molecule has 0 atom stereocenters. The molecule has 27 heavy (non-hydrogen) atoms. The maximum atomic E-state index is 12.8. The van der Waals surface area contributed by atoms with Gasteiger partial charge in [-0.05, 0) is 48.4 Å². The summed E-state index contributed by atoms with van der Waals surface area (Å²) in [7, 11) is 0. The van der Waals surface area contributed by atoms with Crippen LogP contribution in [0.25, 0.3) is 0 Å². The molecule has 0 aliphatic carbocycles. The van der Waals surface area contributed by atoms with Crippen LogP contribution in [0.4, 0.5) is 11.4 Å². The molecule has 0 saturated carbocycles. The lowest BCUT2D eigenvalue weighted by atomic mass is 9.99. The quantitative estimate of drug-likeness (QED) is 0.742. The second kappa shape index (κ2) is 8.61. The summed E-state index contributed by atoms with van der Waals surface area (Å²) < 4.78 is 0.